The Balaban J connectivity index is 1.49. The number of anilines is 1. The number of amides is 1. The van der Waals surface area contributed by atoms with Crippen LogP contribution in [0.1, 0.15) is 21.6 Å². The molecule has 28 heavy (non-hydrogen) atoms. The third-order valence-corrected chi connectivity index (χ3v) is 5.40. The number of carbonyl (C=O) groups is 1. The highest BCUT2D eigenvalue weighted by atomic mass is 16.5. The summed E-state index contributed by atoms with van der Waals surface area (Å²) in [6, 6.07) is 16.2. The number of methoxy groups -OCH3 is 1. The van der Waals surface area contributed by atoms with E-state index in [0.717, 1.165) is 41.1 Å². The largest absolute Gasteiger partial charge is 0.497 e. The minimum Gasteiger partial charge on any atom is -0.497 e. The number of hydrogen-bond acceptors (Lipinski definition) is 4. The molecule has 0 radical (unpaired) electrons. The van der Waals surface area contributed by atoms with Crippen LogP contribution < -0.4 is 9.64 Å². The first-order valence-corrected chi connectivity index (χ1v) is 9.61. The zero-order valence-corrected chi connectivity index (χ0v) is 16.6. The zero-order chi connectivity index (χ0) is 19.7. The summed E-state index contributed by atoms with van der Waals surface area (Å²) in [5, 5.41) is 1.02. The maximum absolute atomic E-state index is 13.1. The van der Waals surface area contributed by atoms with Gasteiger partial charge in [0.05, 0.1) is 23.9 Å². The standard InChI is InChI=1S/C23H25N3O2/c1-16-4-9-22-18(14-16)15-21(17(2)24-22)23(27)26-12-10-25(11-13-26)19-5-7-20(28-3)8-6-19/h4-9,14-15H,10-13H2,1-3H3. The second-order valence-electron chi connectivity index (χ2n) is 7.29. The van der Waals surface area contributed by atoms with Gasteiger partial charge < -0.3 is 14.5 Å². The van der Waals surface area contributed by atoms with Crippen molar-refractivity contribution in [2.24, 2.45) is 0 Å². The number of hydrogen-bond donors (Lipinski definition) is 0. The third kappa shape index (κ3) is 3.52. The fourth-order valence-electron chi connectivity index (χ4n) is 3.74. The summed E-state index contributed by atoms with van der Waals surface area (Å²) in [6.45, 7) is 7.01. The fourth-order valence-corrected chi connectivity index (χ4v) is 3.74. The van der Waals surface area contributed by atoms with Crippen LogP contribution in [-0.2, 0) is 0 Å². The summed E-state index contributed by atoms with van der Waals surface area (Å²) in [6.07, 6.45) is 0. The molecule has 1 aromatic heterocycles. The minimum absolute atomic E-state index is 0.0720. The van der Waals surface area contributed by atoms with Gasteiger partial charge in [-0.2, -0.15) is 0 Å². The lowest BCUT2D eigenvalue weighted by Gasteiger charge is -2.36. The molecule has 2 heterocycles. The Morgan fingerprint density at radius 2 is 1.68 bits per heavy atom. The number of piperazine rings is 1. The number of rotatable bonds is 3. The van der Waals surface area contributed by atoms with E-state index < -0.39 is 0 Å². The lowest BCUT2D eigenvalue weighted by molar-refractivity contribution is 0.0746. The molecule has 0 saturated carbocycles. The van der Waals surface area contributed by atoms with Crippen molar-refractivity contribution in [2.75, 3.05) is 38.2 Å². The Morgan fingerprint density at radius 1 is 0.964 bits per heavy atom. The highest BCUT2D eigenvalue weighted by Gasteiger charge is 2.24. The Kier molecular flexibility index (Phi) is 4.90. The Labute approximate surface area is 165 Å². The average Bonchev–Trinajstić information content (AvgIpc) is 2.73. The van der Waals surface area contributed by atoms with E-state index >= 15 is 0 Å². The molecule has 1 aliphatic heterocycles. The topological polar surface area (TPSA) is 45.7 Å². The van der Waals surface area contributed by atoms with Gasteiger partial charge in [-0.1, -0.05) is 11.6 Å². The number of fused-ring (bicyclic) bond motifs is 1. The molecule has 0 atom stereocenters. The summed E-state index contributed by atoms with van der Waals surface area (Å²) in [5.74, 6) is 0.926. The van der Waals surface area contributed by atoms with Gasteiger partial charge in [0.25, 0.3) is 5.91 Å². The first kappa shape index (κ1) is 18.3. The molecule has 2 aromatic carbocycles. The summed E-state index contributed by atoms with van der Waals surface area (Å²) >= 11 is 0. The first-order chi connectivity index (χ1) is 13.5. The van der Waals surface area contributed by atoms with E-state index in [4.69, 9.17) is 4.74 Å². The van der Waals surface area contributed by atoms with Crippen LogP contribution in [0.3, 0.4) is 0 Å². The highest BCUT2D eigenvalue weighted by Crippen LogP contribution is 2.23. The first-order valence-electron chi connectivity index (χ1n) is 9.61. The van der Waals surface area contributed by atoms with Crippen LogP contribution >= 0.6 is 0 Å². The molecule has 0 bridgehead atoms. The second kappa shape index (κ2) is 7.50. The summed E-state index contributed by atoms with van der Waals surface area (Å²) in [7, 11) is 1.67. The summed E-state index contributed by atoms with van der Waals surface area (Å²) < 4.78 is 5.23. The maximum Gasteiger partial charge on any atom is 0.255 e. The van der Waals surface area contributed by atoms with Crippen molar-refractivity contribution in [3.8, 4) is 5.75 Å². The molecular formula is C23H25N3O2. The van der Waals surface area contributed by atoms with Crippen LogP contribution in [0.5, 0.6) is 5.75 Å². The van der Waals surface area contributed by atoms with Gasteiger partial charge in [-0.15, -0.1) is 0 Å². The van der Waals surface area contributed by atoms with Crippen molar-refractivity contribution in [3.63, 3.8) is 0 Å². The van der Waals surface area contributed by atoms with Crippen LogP contribution in [0, 0.1) is 13.8 Å². The van der Waals surface area contributed by atoms with E-state index in [1.807, 2.05) is 36.1 Å². The smallest absolute Gasteiger partial charge is 0.255 e. The lowest BCUT2D eigenvalue weighted by Crippen LogP contribution is -2.49. The molecule has 5 heteroatoms. The van der Waals surface area contributed by atoms with Crippen molar-refractivity contribution < 1.29 is 9.53 Å². The van der Waals surface area contributed by atoms with Gasteiger partial charge in [0.15, 0.2) is 0 Å². The van der Waals surface area contributed by atoms with E-state index in [-0.39, 0.29) is 5.91 Å². The van der Waals surface area contributed by atoms with Gasteiger partial charge in [0, 0.05) is 37.3 Å². The maximum atomic E-state index is 13.1. The van der Waals surface area contributed by atoms with Gasteiger partial charge in [-0.05, 0) is 56.3 Å². The van der Waals surface area contributed by atoms with Crippen LogP contribution in [0.25, 0.3) is 10.9 Å². The molecule has 0 aliphatic carbocycles. The molecule has 1 fully saturated rings. The lowest BCUT2D eigenvalue weighted by atomic mass is 10.1. The van der Waals surface area contributed by atoms with Gasteiger partial charge >= 0.3 is 0 Å². The van der Waals surface area contributed by atoms with Crippen molar-refractivity contribution in [2.45, 2.75) is 13.8 Å². The van der Waals surface area contributed by atoms with E-state index in [1.54, 1.807) is 7.11 Å². The SMILES string of the molecule is COc1ccc(N2CCN(C(=O)c3cc4cc(C)ccc4nc3C)CC2)cc1. The van der Waals surface area contributed by atoms with E-state index in [0.29, 0.717) is 18.7 Å². The molecule has 144 valence electrons. The van der Waals surface area contributed by atoms with Gasteiger partial charge in [0.2, 0.25) is 0 Å². The van der Waals surface area contributed by atoms with Crippen LogP contribution in [0.15, 0.2) is 48.5 Å². The molecule has 0 unspecified atom stereocenters. The Morgan fingerprint density at radius 3 is 2.36 bits per heavy atom. The third-order valence-electron chi connectivity index (χ3n) is 5.40. The molecule has 0 spiro atoms. The highest BCUT2D eigenvalue weighted by molar-refractivity contribution is 5.98. The van der Waals surface area contributed by atoms with E-state index in [1.165, 1.54) is 5.56 Å². The number of ether oxygens (including phenoxy) is 1. The molecule has 3 aromatic rings. The van der Waals surface area contributed by atoms with Crippen LogP contribution in [0.4, 0.5) is 5.69 Å². The average molecular weight is 375 g/mol. The molecule has 5 nitrogen and oxygen atoms in total. The second-order valence-corrected chi connectivity index (χ2v) is 7.29. The molecule has 4 rings (SSSR count). The molecule has 1 aliphatic rings. The normalized spacial score (nSPS) is 14.4. The number of aromatic nitrogens is 1. The fraction of sp³-hybridized carbons (Fsp3) is 0.304. The molecule has 0 N–H and O–H groups in total. The molecule has 1 amide bonds. The van der Waals surface area contributed by atoms with Gasteiger partial charge in [-0.25, -0.2) is 0 Å². The van der Waals surface area contributed by atoms with Crippen molar-refractivity contribution >= 4 is 22.5 Å². The van der Waals surface area contributed by atoms with E-state index in [2.05, 4.69) is 41.1 Å². The predicted octanol–water partition coefficient (Wildman–Crippen LogP) is 3.82. The zero-order valence-electron chi connectivity index (χ0n) is 16.6. The van der Waals surface area contributed by atoms with Gasteiger partial charge in [0.1, 0.15) is 5.75 Å². The van der Waals surface area contributed by atoms with Crippen LogP contribution in [-0.4, -0.2) is 49.1 Å². The Bertz CT molecular complexity index is 1010. The summed E-state index contributed by atoms with van der Waals surface area (Å²) in [5.41, 5.74) is 4.76. The Hall–Kier alpha value is -3.08. The predicted molar refractivity (Wildman–Crippen MR) is 112 cm³/mol. The van der Waals surface area contributed by atoms with Crippen molar-refractivity contribution in [1.82, 2.24) is 9.88 Å². The number of pyridine rings is 1. The number of aryl methyl sites for hydroxylation is 2. The number of nitrogens with zero attached hydrogens (tertiary/aromatic N) is 3. The summed E-state index contributed by atoms with van der Waals surface area (Å²) in [4.78, 5) is 22.0. The molecule has 1 saturated heterocycles. The van der Waals surface area contributed by atoms with Crippen molar-refractivity contribution in [1.29, 1.82) is 0 Å². The molecular weight excluding hydrogens is 350 g/mol. The minimum atomic E-state index is 0.0720. The van der Waals surface area contributed by atoms with Crippen molar-refractivity contribution in [3.05, 3.63) is 65.4 Å². The number of benzene rings is 2. The quantitative estimate of drug-likeness (QED) is 0.698. The van der Waals surface area contributed by atoms with Gasteiger partial charge in [-0.3, -0.25) is 9.78 Å². The number of carbonyl (C=O) groups excluding carboxylic acids is 1. The monoisotopic (exact) mass is 375 g/mol. The van der Waals surface area contributed by atoms with Crippen LogP contribution in [0.2, 0.25) is 0 Å². The van der Waals surface area contributed by atoms with E-state index in [9.17, 15) is 4.79 Å².